The minimum absolute atomic E-state index is 0.0987. The van der Waals surface area contributed by atoms with Crippen LogP contribution in [-0.4, -0.2) is 30.8 Å². The quantitative estimate of drug-likeness (QED) is 0.560. The van der Waals surface area contributed by atoms with Gasteiger partial charge in [0.2, 0.25) is 0 Å². The van der Waals surface area contributed by atoms with Gasteiger partial charge >= 0.3 is 0 Å². The Morgan fingerprint density at radius 1 is 0.966 bits per heavy atom. The maximum atomic E-state index is 12.5. The fraction of sp³-hybridized carbons (Fsp3) is 0.889. The first-order chi connectivity index (χ1) is 13.4. The van der Waals surface area contributed by atoms with Gasteiger partial charge in [0.1, 0.15) is 0 Å². The van der Waals surface area contributed by atoms with Gasteiger partial charge in [0.25, 0.3) is 0 Å². The smallest absolute Gasteiger partial charge is 0.156 e. The van der Waals surface area contributed by atoms with Gasteiger partial charge in [-0.25, -0.2) is 0 Å². The van der Waals surface area contributed by atoms with Gasteiger partial charge in [-0.1, -0.05) is 40.7 Å². The summed E-state index contributed by atoms with van der Waals surface area (Å²) in [6.07, 6.45) is 11.6. The number of ketones is 1. The molecular formula is C27H43NO. The fourth-order valence-corrected chi connectivity index (χ4v) is 11.1. The molecule has 4 fully saturated rings. The maximum absolute atomic E-state index is 12.5. The van der Waals surface area contributed by atoms with Crippen LogP contribution in [0.25, 0.3) is 0 Å². The molecule has 5 rings (SSSR count). The monoisotopic (exact) mass is 397 g/mol. The van der Waals surface area contributed by atoms with Crippen molar-refractivity contribution in [1.29, 1.82) is 0 Å². The molecule has 162 valence electrons. The van der Waals surface area contributed by atoms with E-state index in [1.54, 1.807) is 6.92 Å². The SMILES string of the molecule is CC(=O)C1=CC[C@@]2(C)[C@@H]3CC[C@H]4C(C)(C)[C@@H](N(C)C)CC[C@@]45[C@@H](C)[C@@]35CC[C@]12C. The molecule has 5 aliphatic rings. The lowest BCUT2D eigenvalue weighted by molar-refractivity contribution is -0.139. The molecule has 0 amide bonds. The third-order valence-corrected chi connectivity index (χ3v) is 12.3. The van der Waals surface area contributed by atoms with E-state index in [9.17, 15) is 4.79 Å². The van der Waals surface area contributed by atoms with Crippen molar-refractivity contribution in [1.82, 2.24) is 4.90 Å². The zero-order valence-electron chi connectivity index (χ0n) is 20.2. The van der Waals surface area contributed by atoms with Crippen molar-refractivity contribution in [2.75, 3.05) is 14.1 Å². The largest absolute Gasteiger partial charge is 0.306 e. The highest BCUT2D eigenvalue weighted by Crippen LogP contribution is 2.91. The minimum atomic E-state index is 0.0987. The predicted molar refractivity (Wildman–Crippen MR) is 120 cm³/mol. The molecule has 29 heavy (non-hydrogen) atoms. The van der Waals surface area contributed by atoms with Gasteiger partial charge in [-0.2, -0.15) is 0 Å². The maximum Gasteiger partial charge on any atom is 0.156 e. The van der Waals surface area contributed by atoms with Gasteiger partial charge in [-0.15, -0.1) is 0 Å². The van der Waals surface area contributed by atoms with Crippen molar-refractivity contribution in [3.05, 3.63) is 11.6 Å². The molecule has 0 heterocycles. The van der Waals surface area contributed by atoms with E-state index < -0.39 is 0 Å². The van der Waals surface area contributed by atoms with Crippen molar-refractivity contribution in [3.63, 3.8) is 0 Å². The molecule has 8 atom stereocenters. The van der Waals surface area contributed by atoms with E-state index in [0.29, 0.717) is 28.1 Å². The number of hydrogen-bond donors (Lipinski definition) is 0. The van der Waals surface area contributed by atoms with Crippen LogP contribution in [0.5, 0.6) is 0 Å². The lowest BCUT2D eigenvalue weighted by Crippen LogP contribution is -2.59. The lowest BCUT2D eigenvalue weighted by Gasteiger charge is -2.63. The molecular weight excluding hydrogens is 354 g/mol. The summed E-state index contributed by atoms with van der Waals surface area (Å²) in [5, 5.41) is 0. The zero-order chi connectivity index (χ0) is 21.2. The highest BCUT2D eigenvalue weighted by atomic mass is 16.1. The molecule has 0 N–H and O–H groups in total. The van der Waals surface area contributed by atoms with Crippen LogP contribution in [0.4, 0.5) is 0 Å². The molecule has 0 aliphatic heterocycles. The lowest BCUT2D eigenvalue weighted by atomic mass is 9.42. The molecule has 0 aromatic heterocycles. The first-order valence-corrected chi connectivity index (χ1v) is 12.3. The Morgan fingerprint density at radius 3 is 2.21 bits per heavy atom. The average Bonchev–Trinajstić information content (AvgIpc) is 3.00. The molecule has 4 saturated carbocycles. The summed E-state index contributed by atoms with van der Waals surface area (Å²) >= 11 is 0. The van der Waals surface area contributed by atoms with Gasteiger partial charge in [0.05, 0.1) is 0 Å². The molecule has 0 aromatic rings. The van der Waals surface area contributed by atoms with E-state index in [1.165, 1.54) is 38.5 Å². The predicted octanol–water partition coefficient (Wildman–Crippen LogP) is 6.11. The van der Waals surface area contributed by atoms with Crippen LogP contribution >= 0.6 is 0 Å². The van der Waals surface area contributed by atoms with E-state index in [1.807, 2.05) is 0 Å². The van der Waals surface area contributed by atoms with Crippen molar-refractivity contribution in [2.24, 2.45) is 44.8 Å². The van der Waals surface area contributed by atoms with Crippen molar-refractivity contribution in [3.8, 4) is 0 Å². The molecule has 2 heteroatoms. The molecule has 2 spiro atoms. The number of nitrogens with zero attached hydrogens (tertiary/aromatic N) is 1. The topological polar surface area (TPSA) is 20.3 Å². The Morgan fingerprint density at radius 2 is 1.59 bits per heavy atom. The van der Waals surface area contributed by atoms with Crippen molar-refractivity contribution >= 4 is 5.78 Å². The zero-order valence-corrected chi connectivity index (χ0v) is 20.2. The summed E-state index contributed by atoms with van der Waals surface area (Å²) in [5.74, 6) is 2.83. The molecule has 0 unspecified atom stereocenters. The highest BCUT2D eigenvalue weighted by Gasteiger charge is 2.85. The normalized spacial score (nSPS) is 54.7. The van der Waals surface area contributed by atoms with E-state index in [2.05, 4.69) is 59.7 Å². The first-order valence-electron chi connectivity index (χ1n) is 12.3. The van der Waals surface area contributed by atoms with E-state index in [-0.39, 0.29) is 10.8 Å². The Balaban J connectivity index is 1.56. The summed E-state index contributed by atoms with van der Waals surface area (Å²) < 4.78 is 0. The molecule has 0 aromatic carbocycles. The minimum Gasteiger partial charge on any atom is -0.306 e. The Hall–Kier alpha value is -0.630. The van der Waals surface area contributed by atoms with Gasteiger partial charge < -0.3 is 4.90 Å². The standard InChI is InChI=1S/C27H43NO/c1-17(29)19-11-13-25(6)21-10-9-20-23(3,4)22(28(7)8)12-14-26(20)18(2)27(21,26)16-15-24(19,25)5/h11,18,20-22H,9-10,12-16H2,1-8H3/t18-,20+,21+,22+,24-,25+,26-,27+/m1/s1. The summed E-state index contributed by atoms with van der Waals surface area (Å²) in [4.78, 5) is 15.0. The van der Waals surface area contributed by atoms with Crippen LogP contribution in [0, 0.1) is 44.8 Å². The number of fused-ring (bicyclic) bond motifs is 2. The summed E-state index contributed by atoms with van der Waals surface area (Å²) in [5.41, 5.74) is 3.04. The van der Waals surface area contributed by atoms with E-state index in [0.717, 1.165) is 29.7 Å². The Bertz CT molecular complexity index is 794. The van der Waals surface area contributed by atoms with Gasteiger partial charge in [0.15, 0.2) is 5.78 Å². The highest BCUT2D eigenvalue weighted by molar-refractivity contribution is 5.95. The molecule has 0 bridgehead atoms. The second-order valence-corrected chi connectivity index (χ2v) is 13.0. The van der Waals surface area contributed by atoms with Crippen molar-refractivity contribution in [2.45, 2.75) is 92.5 Å². The van der Waals surface area contributed by atoms with Crippen LogP contribution in [0.3, 0.4) is 0 Å². The number of rotatable bonds is 2. The van der Waals surface area contributed by atoms with Crippen LogP contribution in [0.1, 0.15) is 86.5 Å². The molecule has 0 radical (unpaired) electrons. The third kappa shape index (κ3) is 1.94. The van der Waals surface area contributed by atoms with Crippen LogP contribution < -0.4 is 0 Å². The third-order valence-electron chi connectivity index (χ3n) is 12.3. The van der Waals surface area contributed by atoms with E-state index >= 15 is 0 Å². The number of hydrogen-bond acceptors (Lipinski definition) is 2. The second-order valence-electron chi connectivity index (χ2n) is 13.0. The van der Waals surface area contributed by atoms with Gasteiger partial charge in [-0.3, -0.25) is 4.79 Å². The second kappa shape index (κ2) is 5.59. The number of carbonyl (C=O) groups is 1. The fourth-order valence-electron chi connectivity index (χ4n) is 11.1. The van der Waals surface area contributed by atoms with Gasteiger partial charge in [-0.05, 0) is 111 Å². The molecule has 5 aliphatic carbocycles. The Labute approximate surface area is 178 Å². The van der Waals surface area contributed by atoms with Crippen LogP contribution in [0.15, 0.2) is 11.6 Å². The summed E-state index contributed by atoms with van der Waals surface area (Å²) in [6.45, 7) is 14.6. The summed E-state index contributed by atoms with van der Waals surface area (Å²) in [6, 6.07) is 0.710. The number of Topliss-reactive ketones (excluding diaryl/α,β-unsaturated/α-hetero) is 1. The number of carbonyl (C=O) groups excluding carboxylic acids is 1. The van der Waals surface area contributed by atoms with Gasteiger partial charge in [0, 0.05) is 11.5 Å². The molecule has 2 nitrogen and oxygen atoms in total. The van der Waals surface area contributed by atoms with Crippen LogP contribution in [0.2, 0.25) is 0 Å². The average molecular weight is 398 g/mol. The summed E-state index contributed by atoms with van der Waals surface area (Å²) in [7, 11) is 4.59. The van der Waals surface area contributed by atoms with E-state index in [4.69, 9.17) is 0 Å². The number of allylic oxidation sites excluding steroid dienone is 2. The molecule has 0 saturated heterocycles. The Kier molecular flexibility index (Phi) is 3.91. The first kappa shape index (κ1) is 20.3. The van der Waals surface area contributed by atoms with Crippen molar-refractivity contribution < 1.29 is 4.79 Å². The van der Waals surface area contributed by atoms with Crippen LogP contribution in [-0.2, 0) is 4.79 Å².